The Hall–Kier alpha value is -3.02. The van der Waals surface area contributed by atoms with Gasteiger partial charge in [-0.25, -0.2) is 0 Å². The number of fused-ring (bicyclic) bond motifs is 1. The van der Waals surface area contributed by atoms with Crippen molar-refractivity contribution in [2.24, 2.45) is 0 Å². The minimum Gasteiger partial charge on any atom is -0.489 e. The van der Waals surface area contributed by atoms with E-state index in [1.54, 1.807) is 25.1 Å². The van der Waals surface area contributed by atoms with Crippen molar-refractivity contribution in [3.8, 4) is 5.75 Å². The molecule has 0 unspecified atom stereocenters. The molecular formula is C23H29N3O3. The lowest BCUT2D eigenvalue weighted by atomic mass is 10.1. The summed E-state index contributed by atoms with van der Waals surface area (Å²) in [6.45, 7) is 1.10. The van der Waals surface area contributed by atoms with Crippen LogP contribution in [0.4, 0.5) is 5.69 Å². The van der Waals surface area contributed by atoms with Gasteiger partial charge in [0.2, 0.25) is 5.91 Å². The molecule has 0 saturated heterocycles. The van der Waals surface area contributed by atoms with Crippen molar-refractivity contribution < 1.29 is 14.3 Å². The monoisotopic (exact) mass is 395 g/mol. The molecule has 0 aliphatic carbocycles. The Labute approximate surface area is 172 Å². The summed E-state index contributed by atoms with van der Waals surface area (Å²) >= 11 is 0. The maximum Gasteiger partial charge on any atom is 0.253 e. The summed E-state index contributed by atoms with van der Waals surface area (Å²) in [6, 6.07) is 15.6. The Morgan fingerprint density at radius 1 is 1.17 bits per heavy atom. The van der Waals surface area contributed by atoms with Crippen LogP contribution >= 0.6 is 0 Å². The van der Waals surface area contributed by atoms with E-state index in [0.717, 1.165) is 24.3 Å². The van der Waals surface area contributed by atoms with Gasteiger partial charge in [-0.1, -0.05) is 30.3 Å². The molecule has 29 heavy (non-hydrogen) atoms. The van der Waals surface area contributed by atoms with E-state index >= 15 is 0 Å². The van der Waals surface area contributed by atoms with Crippen LogP contribution in [0.3, 0.4) is 0 Å². The molecule has 1 heterocycles. The maximum absolute atomic E-state index is 12.4. The van der Waals surface area contributed by atoms with Crippen LogP contribution in [0.1, 0.15) is 28.8 Å². The summed E-state index contributed by atoms with van der Waals surface area (Å²) in [5.74, 6) is 0.698. The largest absolute Gasteiger partial charge is 0.489 e. The number of rotatable bonds is 7. The number of ether oxygens (including phenoxy) is 1. The second-order valence-corrected chi connectivity index (χ2v) is 7.60. The summed E-state index contributed by atoms with van der Waals surface area (Å²) in [4.78, 5) is 28.2. The molecule has 0 spiro atoms. The highest BCUT2D eigenvalue weighted by Gasteiger charge is 2.27. The van der Waals surface area contributed by atoms with Crippen LogP contribution in [-0.2, 0) is 11.2 Å². The van der Waals surface area contributed by atoms with Crippen molar-refractivity contribution in [2.45, 2.75) is 25.3 Å². The van der Waals surface area contributed by atoms with Gasteiger partial charge >= 0.3 is 0 Å². The molecule has 6 nitrogen and oxygen atoms in total. The fourth-order valence-corrected chi connectivity index (χ4v) is 3.45. The van der Waals surface area contributed by atoms with Crippen LogP contribution in [-0.4, -0.2) is 57.1 Å². The molecule has 6 heteroatoms. The van der Waals surface area contributed by atoms with Crippen LogP contribution in [0, 0.1) is 0 Å². The standard InChI is InChI=1S/C23H29N3O3/c1-25(2)23(28)18-11-12-21-20(14-18)26(3)19(16-29-21)15-22(27)24-13-7-10-17-8-5-4-6-9-17/h4-6,8-9,11-12,14,19H,7,10,13,15-16H2,1-3H3,(H,24,27)/t19-/m0/s1. The first-order valence-electron chi connectivity index (χ1n) is 9.97. The smallest absolute Gasteiger partial charge is 0.253 e. The molecule has 1 N–H and O–H groups in total. The van der Waals surface area contributed by atoms with E-state index in [1.807, 2.05) is 42.3 Å². The first-order valence-corrected chi connectivity index (χ1v) is 9.97. The molecule has 3 rings (SSSR count). The number of nitrogens with zero attached hydrogens (tertiary/aromatic N) is 2. The number of hydrogen-bond donors (Lipinski definition) is 1. The second-order valence-electron chi connectivity index (χ2n) is 7.60. The van der Waals surface area contributed by atoms with Crippen molar-refractivity contribution >= 4 is 17.5 Å². The van der Waals surface area contributed by atoms with E-state index in [-0.39, 0.29) is 17.9 Å². The van der Waals surface area contributed by atoms with Crippen LogP contribution < -0.4 is 15.0 Å². The van der Waals surface area contributed by atoms with Gasteiger partial charge in [-0.2, -0.15) is 0 Å². The molecule has 1 aliphatic heterocycles. The lowest BCUT2D eigenvalue weighted by Crippen LogP contribution is -2.44. The average Bonchev–Trinajstić information content (AvgIpc) is 2.73. The van der Waals surface area contributed by atoms with Gasteiger partial charge in [0.25, 0.3) is 5.91 Å². The number of amides is 2. The maximum atomic E-state index is 12.4. The molecule has 1 aliphatic rings. The van der Waals surface area contributed by atoms with E-state index in [9.17, 15) is 9.59 Å². The first-order chi connectivity index (χ1) is 14.0. The van der Waals surface area contributed by atoms with Crippen LogP contribution in [0.5, 0.6) is 5.75 Å². The van der Waals surface area contributed by atoms with Gasteiger partial charge in [0.1, 0.15) is 12.4 Å². The zero-order valence-electron chi connectivity index (χ0n) is 17.4. The van der Waals surface area contributed by atoms with Crippen molar-refractivity contribution in [3.05, 3.63) is 59.7 Å². The van der Waals surface area contributed by atoms with Crippen LogP contribution in [0.25, 0.3) is 0 Å². The van der Waals surface area contributed by atoms with Gasteiger partial charge in [0.05, 0.1) is 18.2 Å². The normalized spacial score (nSPS) is 15.3. The fraction of sp³-hybridized carbons (Fsp3) is 0.391. The van der Waals surface area contributed by atoms with Gasteiger partial charge in [0, 0.05) is 33.3 Å². The fourth-order valence-electron chi connectivity index (χ4n) is 3.45. The lowest BCUT2D eigenvalue weighted by Gasteiger charge is -2.35. The Morgan fingerprint density at radius 2 is 1.93 bits per heavy atom. The van der Waals surface area contributed by atoms with Gasteiger partial charge < -0.3 is 19.9 Å². The number of carbonyl (C=O) groups excluding carboxylic acids is 2. The van der Waals surface area contributed by atoms with Crippen molar-refractivity contribution in [3.63, 3.8) is 0 Å². The Kier molecular flexibility index (Phi) is 6.75. The van der Waals surface area contributed by atoms with Crippen molar-refractivity contribution in [2.75, 3.05) is 39.2 Å². The van der Waals surface area contributed by atoms with E-state index in [0.29, 0.717) is 25.1 Å². The molecule has 0 fully saturated rings. The Morgan fingerprint density at radius 3 is 2.66 bits per heavy atom. The van der Waals surface area contributed by atoms with Crippen LogP contribution in [0.2, 0.25) is 0 Å². The van der Waals surface area contributed by atoms with Crippen molar-refractivity contribution in [1.82, 2.24) is 10.2 Å². The summed E-state index contributed by atoms with van der Waals surface area (Å²) in [7, 11) is 5.40. The lowest BCUT2D eigenvalue weighted by molar-refractivity contribution is -0.121. The molecule has 1 atom stereocenters. The van der Waals surface area contributed by atoms with E-state index in [2.05, 4.69) is 17.4 Å². The number of benzene rings is 2. The van der Waals surface area contributed by atoms with Gasteiger partial charge in [-0.3, -0.25) is 9.59 Å². The SMILES string of the molecule is CN(C)C(=O)c1ccc2c(c1)N(C)[C@@H](CC(=O)NCCCc1ccccc1)CO2. The Bertz CT molecular complexity index is 852. The average molecular weight is 396 g/mol. The highest BCUT2D eigenvalue weighted by atomic mass is 16.5. The third kappa shape index (κ3) is 5.28. The summed E-state index contributed by atoms with van der Waals surface area (Å²) in [5.41, 5.74) is 2.72. The molecule has 0 aromatic heterocycles. The summed E-state index contributed by atoms with van der Waals surface area (Å²) in [6.07, 6.45) is 2.21. The zero-order valence-corrected chi connectivity index (χ0v) is 17.4. The van der Waals surface area contributed by atoms with Gasteiger partial charge in [-0.15, -0.1) is 0 Å². The molecule has 2 aromatic carbocycles. The van der Waals surface area contributed by atoms with Gasteiger partial charge in [0.15, 0.2) is 0 Å². The molecule has 0 radical (unpaired) electrons. The van der Waals surface area contributed by atoms with Crippen molar-refractivity contribution in [1.29, 1.82) is 0 Å². The molecule has 0 bridgehead atoms. The highest BCUT2D eigenvalue weighted by Crippen LogP contribution is 2.34. The number of anilines is 1. The molecule has 2 aromatic rings. The minimum atomic E-state index is -0.0682. The summed E-state index contributed by atoms with van der Waals surface area (Å²) < 4.78 is 5.84. The second kappa shape index (κ2) is 9.45. The predicted molar refractivity (Wildman–Crippen MR) is 115 cm³/mol. The summed E-state index contributed by atoms with van der Waals surface area (Å²) in [5, 5.41) is 3.01. The van der Waals surface area contributed by atoms with Gasteiger partial charge in [-0.05, 0) is 36.6 Å². The zero-order chi connectivity index (χ0) is 20.8. The Balaban J connectivity index is 1.52. The molecule has 0 saturated carbocycles. The number of aryl methyl sites for hydroxylation is 1. The third-order valence-electron chi connectivity index (χ3n) is 5.20. The minimum absolute atomic E-state index is 0.0162. The van der Waals surface area contributed by atoms with E-state index in [4.69, 9.17) is 4.74 Å². The van der Waals surface area contributed by atoms with E-state index in [1.165, 1.54) is 5.56 Å². The quantitative estimate of drug-likeness (QED) is 0.733. The number of nitrogens with one attached hydrogen (secondary N) is 1. The number of carbonyl (C=O) groups is 2. The number of likely N-dealkylation sites (N-methyl/N-ethyl adjacent to an activating group) is 1. The third-order valence-corrected chi connectivity index (χ3v) is 5.20. The molecule has 2 amide bonds. The topological polar surface area (TPSA) is 61.9 Å². The number of hydrogen-bond acceptors (Lipinski definition) is 4. The van der Waals surface area contributed by atoms with Crippen LogP contribution in [0.15, 0.2) is 48.5 Å². The highest BCUT2D eigenvalue weighted by molar-refractivity contribution is 5.95. The molecular weight excluding hydrogens is 366 g/mol. The van der Waals surface area contributed by atoms with E-state index < -0.39 is 0 Å². The first kappa shape index (κ1) is 20.7. The molecule has 154 valence electrons. The predicted octanol–water partition coefficient (Wildman–Crippen LogP) is 2.72.